The third kappa shape index (κ3) is 2.76. The first-order valence-corrected chi connectivity index (χ1v) is 7.47. The maximum atomic E-state index is 11.2. The maximum Gasteiger partial charge on any atom is 0.240 e. The molecular weight excluding hydrogens is 250 g/mol. The second-order valence-corrected chi connectivity index (χ2v) is 6.65. The van der Waals surface area contributed by atoms with Crippen molar-refractivity contribution < 1.29 is 8.42 Å². The van der Waals surface area contributed by atoms with Crippen LogP contribution in [-0.2, 0) is 10.0 Å². The monoisotopic (exact) mass is 269 g/mol. The first-order valence-electron chi connectivity index (χ1n) is 5.92. The van der Waals surface area contributed by atoms with Crippen molar-refractivity contribution in [1.82, 2.24) is 0 Å². The fourth-order valence-electron chi connectivity index (χ4n) is 2.14. The van der Waals surface area contributed by atoms with E-state index < -0.39 is 10.0 Å². The number of hydrogen-bond acceptors (Lipinski definition) is 4. The van der Waals surface area contributed by atoms with Gasteiger partial charge in [-0.05, 0) is 36.5 Å². The van der Waals surface area contributed by atoms with Crippen LogP contribution >= 0.6 is 0 Å². The predicted octanol–water partition coefficient (Wildman–Crippen LogP) is 1.01. The quantitative estimate of drug-likeness (QED) is 0.798. The number of nitrogens with two attached hydrogens (primary N) is 2. The summed E-state index contributed by atoms with van der Waals surface area (Å²) in [6.45, 7) is 3.20. The van der Waals surface area contributed by atoms with Crippen molar-refractivity contribution in [3.8, 4) is 0 Å². The average Bonchev–Trinajstić information content (AvgIpc) is 2.92. The molecule has 2 unspecified atom stereocenters. The van der Waals surface area contributed by atoms with Crippen molar-refractivity contribution in [2.24, 2.45) is 17.0 Å². The zero-order valence-corrected chi connectivity index (χ0v) is 11.4. The van der Waals surface area contributed by atoms with Crippen LogP contribution in [0.2, 0.25) is 0 Å². The van der Waals surface area contributed by atoms with Gasteiger partial charge >= 0.3 is 0 Å². The van der Waals surface area contributed by atoms with E-state index in [1.807, 2.05) is 7.05 Å². The summed E-state index contributed by atoms with van der Waals surface area (Å²) in [4.78, 5) is 2.08. The molecule has 0 radical (unpaired) electrons. The summed E-state index contributed by atoms with van der Waals surface area (Å²) in [6, 6.07) is 4.86. The number of nitrogen functional groups attached to an aromatic ring is 1. The van der Waals surface area contributed by atoms with Gasteiger partial charge in [0.05, 0.1) is 5.69 Å². The summed E-state index contributed by atoms with van der Waals surface area (Å²) in [5.41, 5.74) is 6.85. The van der Waals surface area contributed by atoms with E-state index in [0.29, 0.717) is 0 Å². The Kier molecular flexibility index (Phi) is 3.25. The lowest BCUT2D eigenvalue weighted by Crippen LogP contribution is -2.21. The molecule has 1 aliphatic rings. The van der Waals surface area contributed by atoms with Gasteiger partial charge in [0.2, 0.25) is 10.0 Å². The fourth-order valence-corrected chi connectivity index (χ4v) is 2.79. The molecule has 0 heterocycles. The van der Waals surface area contributed by atoms with Crippen molar-refractivity contribution >= 4 is 21.4 Å². The number of nitrogens with zero attached hydrogens (tertiary/aromatic N) is 1. The van der Waals surface area contributed by atoms with E-state index in [0.717, 1.165) is 24.1 Å². The molecule has 0 aliphatic heterocycles. The molecule has 1 saturated carbocycles. The molecule has 2 rings (SSSR count). The van der Waals surface area contributed by atoms with Gasteiger partial charge < -0.3 is 10.6 Å². The van der Waals surface area contributed by atoms with E-state index in [-0.39, 0.29) is 10.6 Å². The Morgan fingerprint density at radius 2 is 2.06 bits per heavy atom. The van der Waals surface area contributed by atoms with Crippen molar-refractivity contribution in [2.45, 2.75) is 18.2 Å². The summed E-state index contributed by atoms with van der Waals surface area (Å²) >= 11 is 0. The van der Waals surface area contributed by atoms with Gasteiger partial charge in [0, 0.05) is 19.3 Å². The Morgan fingerprint density at radius 1 is 1.44 bits per heavy atom. The van der Waals surface area contributed by atoms with Gasteiger partial charge in [-0.15, -0.1) is 0 Å². The lowest BCUT2D eigenvalue weighted by Gasteiger charge is -2.20. The molecule has 1 aromatic rings. The van der Waals surface area contributed by atoms with Crippen LogP contribution in [0.1, 0.15) is 13.3 Å². The molecule has 2 atom stereocenters. The van der Waals surface area contributed by atoms with Crippen LogP contribution in [0.3, 0.4) is 0 Å². The number of hydrogen-bond donors (Lipinski definition) is 2. The number of primary sulfonamides is 1. The molecule has 0 saturated heterocycles. The Bertz CT molecular complexity index is 556. The smallest absolute Gasteiger partial charge is 0.240 e. The molecule has 100 valence electrons. The molecule has 5 nitrogen and oxygen atoms in total. The summed E-state index contributed by atoms with van der Waals surface area (Å²) in [6.07, 6.45) is 1.26. The molecule has 4 N–H and O–H groups in total. The highest BCUT2D eigenvalue weighted by Gasteiger charge is 2.33. The molecule has 1 aromatic carbocycles. The van der Waals surface area contributed by atoms with Crippen molar-refractivity contribution in [3.05, 3.63) is 18.2 Å². The van der Waals surface area contributed by atoms with E-state index in [9.17, 15) is 8.42 Å². The van der Waals surface area contributed by atoms with E-state index in [4.69, 9.17) is 10.9 Å². The van der Waals surface area contributed by atoms with Gasteiger partial charge in [0.25, 0.3) is 0 Å². The largest absolute Gasteiger partial charge is 0.398 e. The average molecular weight is 269 g/mol. The molecule has 6 heteroatoms. The third-order valence-corrected chi connectivity index (χ3v) is 4.51. The highest BCUT2D eigenvalue weighted by atomic mass is 32.2. The van der Waals surface area contributed by atoms with Crippen LogP contribution in [0.15, 0.2) is 23.1 Å². The number of benzene rings is 1. The topological polar surface area (TPSA) is 89.4 Å². The molecule has 0 aromatic heterocycles. The van der Waals surface area contributed by atoms with Gasteiger partial charge in [-0.1, -0.05) is 6.92 Å². The van der Waals surface area contributed by atoms with Gasteiger partial charge in [0.15, 0.2) is 0 Å². The molecule has 0 amide bonds. The van der Waals surface area contributed by atoms with E-state index in [2.05, 4.69) is 11.8 Å². The van der Waals surface area contributed by atoms with Crippen molar-refractivity contribution in [3.63, 3.8) is 0 Å². The third-order valence-electron chi connectivity index (χ3n) is 3.53. The normalized spacial score (nSPS) is 22.8. The maximum absolute atomic E-state index is 11.2. The van der Waals surface area contributed by atoms with E-state index in [1.165, 1.54) is 12.5 Å². The lowest BCUT2D eigenvalue weighted by atomic mass is 10.2. The number of rotatable bonds is 4. The van der Waals surface area contributed by atoms with Gasteiger partial charge in [-0.3, -0.25) is 0 Å². The Labute approximate surface area is 108 Å². The van der Waals surface area contributed by atoms with Gasteiger partial charge in [-0.25, -0.2) is 13.6 Å². The van der Waals surface area contributed by atoms with Crippen LogP contribution in [0, 0.1) is 11.8 Å². The Hall–Kier alpha value is -1.27. The van der Waals surface area contributed by atoms with Gasteiger partial charge in [-0.2, -0.15) is 0 Å². The zero-order chi connectivity index (χ0) is 13.5. The van der Waals surface area contributed by atoms with Crippen LogP contribution in [-0.4, -0.2) is 22.0 Å². The molecule has 1 aliphatic carbocycles. The summed E-state index contributed by atoms with van der Waals surface area (Å²) in [7, 11) is -1.76. The van der Waals surface area contributed by atoms with Gasteiger partial charge in [0.1, 0.15) is 4.90 Å². The standard InChI is InChI=1S/C12H19N3O2S/c1-8-5-9(8)7-15(2)10-3-4-12(11(13)6-10)18(14,16)17/h3-4,6,8-9H,5,7,13H2,1-2H3,(H2,14,16,17). The minimum absolute atomic E-state index is 0.0144. The second kappa shape index (κ2) is 4.44. The molecule has 0 bridgehead atoms. The summed E-state index contributed by atoms with van der Waals surface area (Å²) in [5, 5.41) is 5.07. The number of sulfonamides is 1. The van der Waals surface area contributed by atoms with Crippen LogP contribution < -0.4 is 15.8 Å². The molecular formula is C12H19N3O2S. The van der Waals surface area contributed by atoms with E-state index >= 15 is 0 Å². The second-order valence-electron chi connectivity index (χ2n) is 5.12. The molecule has 18 heavy (non-hydrogen) atoms. The van der Waals surface area contributed by atoms with Crippen molar-refractivity contribution in [2.75, 3.05) is 24.2 Å². The van der Waals surface area contributed by atoms with E-state index in [1.54, 1.807) is 12.1 Å². The predicted molar refractivity (Wildman–Crippen MR) is 72.8 cm³/mol. The summed E-state index contributed by atoms with van der Waals surface area (Å²) < 4.78 is 22.5. The summed E-state index contributed by atoms with van der Waals surface area (Å²) in [5.74, 6) is 1.52. The fraction of sp³-hybridized carbons (Fsp3) is 0.500. The minimum atomic E-state index is -3.74. The zero-order valence-electron chi connectivity index (χ0n) is 10.6. The Morgan fingerprint density at radius 3 is 2.50 bits per heavy atom. The van der Waals surface area contributed by atoms with Crippen LogP contribution in [0.25, 0.3) is 0 Å². The first kappa shape index (κ1) is 13.2. The SMILES string of the molecule is CC1CC1CN(C)c1ccc(S(N)(=O)=O)c(N)c1. The Balaban J connectivity index is 2.18. The minimum Gasteiger partial charge on any atom is -0.398 e. The van der Waals surface area contributed by atoms with Crippen LogP contribution in [0.4, 0.5) is 11.4 Å². The molecule has 0 spiro atoms. The number of anilines is 2. The molecule has 1 fully saturated rings. The highest BCUT2D eigenvalue weighted by Crippen LogP contribution is 2.38. The first-order chi connectivity index (χ1) is 8.29. The lowest BCUT2D eigenvalue weighted by molar-refractivity contribution is 0.598. The van der Waals surface area contributed by atoms with Crippen LogP contribution in [0.5, 0.6) is 0 Å². The highest BCUT2D eigenvalue weighted by molar-refractivity contribution is 7.89. The van der Waals surface area contributed by atoms with Crippen molar-refractivity contribution in [1.29, 1.82) is 0 Å².